The third kappa shape index (κ3) is 14.8. The lowest BCUT2D eigenvalue weighted by molar-refractivity contribution is 0.368. The maximum atomic E-state index is 13.1. The normalized spacial score (nSPS) is 12.2. The zero-order chi connectivity index (χ0) is 20.4. The van der Waals surface area contributed by atoms with Crippen molar-refractivity contribution in [2.45, 2.75) is 44.4 Å². The summed E-state index contributed by atoms with van der Waals surface area (Å²) < 4.78 is 52.1. The van der Waals surface area contributed by atoms with Crippen LogP contribution in [0.25, 0.3) is 0 Å². The first kappa shape index (κ1) is 24.5. The fourth-order valence-corrected chi connectivity index (χ4v) is 3.02. The molecule has 0 amide bonds. The summed E-state index contributed by atoms with van der Waals surface area (Å²) in [6, 6.07) is 17.6. The molecule has 0 aliphatic heterocycles. The molecule has 0 bridgehead atoms. The van der Waals surface area contributed by atoms with Gasteiger partial charge in [-0.3, -0.25) is 0 Å². The number of hydrogen-bond acceptors (Lipinski definition) is 0. The minimum Gasteiger partial charge on any atom is -0.418 e. The summed E-state index contributed by atoms with van der Waals surface area (Å²) in [5.74, 6) is 0. The standard InChI is InChI=1S/C14H14FS.C5H12.BF4/c1-12-7-9-14(10-8-12)16(11-15)13-5-3-2-4-6-13;1-5(2,3)4;2-1(3,4)5/h2-10H,11H2,1H3;1-4H3;/q+1;;-1. The largest absolute Gasteiger partial charge is 0.673 e. The van der Waals surface area contributed by atoms with Crippen molar-refractivity contribution >= 4 is 18.1 Å². The van der Waals surface area contributed by atoms with Crippen LogP contribution in [0.15, 0.2) is 64.4 Å². The van der Waals surface area contributed by atoms with Crippen molar-refractivity contribution in [3.8, 4) is 0 Å². The van der Waals surface area contributed by atoms with E-state index in [0.29, 0.717) is 5.41 Å². The van der Waals surface area contributed by atoms with Crippen LogP contribution in [0.4, 0.5) is 21.7 Å². The molecule has 0 saturated carbocycles. The fourth-order valence-electron chi connectivity index (χ4n) is 1.55. The van der Waals surface area contributed by atoms with Gasteiger partial charge in [-0.15, -0.1) is 0 Å². The second kappa shape index (κ2) is 11.3. The highest BCUT2D eigenvalue weighted by atomic mass is 32.2. The van der Waals surface area contributed by atoms with Crippen LogP contribution in [0.3, 0.4) is 0 Å². The minimum atomic E-state index is -6.00. The molecule has 1 unspecified atom stereocenters. The molecule has 0 aromatic heterocycles. The summed E-state index contributed by atoms with van der Waals surface area (Å²) in [5, 5.41) is 0. The molecular weight excluding hydrogens is 366 g/mol. The van der Waals surface area contributed by atoms with Crippen molar-refractivity contribution in [3.63, 3.8) is 0 Å². The predicted molar refractivity (Wildman–Crippen MR) is 103 cm³/mol. The Labute approximate surface area is 156 Å². The zero-order valence-corrected chi connectivity index (χ0v) is 16.6. The molecule has 0 N–H and O–H groups in total. The van der Waals surface area contributed by atoms with Gasteiger partial charge in [0, 0.05) is 0 Å². The van der Waals surface area contributed by atoms with E-state index < -0.39 is 18.1 Å². The van der Waals surface area contributed by atoms with E-state index >= 15 is 0 Å². The van der Waals surface area contributed by atoms with E-state index in [4.69, 9.17) is 0 Å². The van der Waals surface area contributed by atoms with Gasteiger partial charge in [0.05, 0.1) is 10.9 Å². The predicted octanol–water partition coefficient (Wildman–Crippen LogP) is 7.31. The second-order valence-electron chi connectivity index (χ2n) is 7.12. The number of rotatable bonds is 3. The van der Waals surface area contributed by atoms with E-state index in [9.17, 15) is 21.7 Å². The lowest BCUT2D eigenvalue weighted by Gasteiger charge is -2.05. The fraction of sp³-hybridized carbons (Fsp3) is 0.368. The molecule has 2 rings (SSSR count). The summed E-state index contributed by atoms with van der Waals surface area (Å²) in [6.07, 6.45) is 0. The number of hydrogen-bond donors (Lipinski definition) is 0. The Hall–Kier alpha value is -1.50. The Bertz CT molecular complexity index is 583. The Kier molecular flexibility index (Phi) is 10.6. The van der Waals surface area contributed by atoms with Gasteiger partial charge >= 0.3 is 7.25 Å². The van der Waals surface area contributed by atoms with Crippen LogP contribution >= 0.6 is 0 Å². The molecule has 146 valence electrons. The molecule has 0 radical (unpaired) electrons. The highest BCUT2D eigenvalue weighted by molar-refractivity contribution is 7.96. The van der Waals surface area contributed by atoms with Crippen molar-refractivity contribution in [2.24, 2.45) is 5.41 Å². The van der Waals surface area contributed by atoms with E-state index in [1.807, 2.05) is 61.5 Å². The molecule has 0 aliphatic carbocycles. The van der Waals surface area contributed by atoms with Crippen molar-refractivity contribution < 1.29 is 21.7 Å². The molecule has 1 atom stereocenters. The lowest BCUT2D eigenvalue weighted by Crippen LogP contribution is -2.05. The maximum absolute atomic E-state index is 13.1. The van der Waals surface area contributed by atoms with Crippen LogP contribution in [0.2, 0.25) is 0 Å². The van der Waals surface area contributed by atoms with Gasteiger partial charge in [-0.25, -0.2) is 0 Å². The monoisotopic (exact) mass is 392 g/mol. The average Bonchev–Trinajstić information content (AvgIpc) is 2.48. The van der Waals surface area contributed by atoms with Crippen LogP contribution in [-0.4, -0.2) is 13.3 Å². The zero-order valence-electron chi connectivity index (χ0n) is 15.8. The lowest BCUT2D eigenvalue weighted by atomic mass is 10.0. The molecule has 2 aromatic carbocycles. The molecular formula is C19H26BF5S. The Morgan fingerprint density at radius 3 is 1.46 bits per heavy atom. The maximum Gasteiger partial charge on any atom is 0.673 e. The Balaban J connectivity index is 0.000000520. The molecule has 2 aromatic rings. The highest BCUT2D eigenvalue weighted by Crippen LogP contribution is 2.23. The van der Waals surface area contributed by atoms with Gasteiger partial charge in [0.25, 0.3) is 6.01 Å². The molecule has 7 heteroatoms. The summed E-state index contributed by atoms with van der Waals surface area (Å²) in [7, 11) is -6.43. The molecule has 0 aliphatic rings. The topological polar surface area (TPSA) is 0 Å². The third-order valence-corrected chi connectivity index (χ3v) is 4.34. The van der Waals surface area contributed by atoms with Crippen molar-refractivity contribution in [1.29, 1.82) is 0 Å². The Morgan fingerprint density at radius 1 is 0.769 bits per heavy atom. The quantitative estimate of drug-likeness (QED) is 0.292. The molecule has 0 nitrogen and oxygen atoms in total. The Morgan fingerprint density at radius 2 is 1.12 bits per heavy atom. The number of benzene rings is 2. The summed E-state index contributed by atoms with van der Waals surface area (Å²) in [4.78, 5) is 2.13. The van der Waals surface area contributed by atoms with Gasteiger partial charge < -0.3 is 17.3 Å². The van der Waals surface area contributed by atoms with E-state index in [2.05, 4.69) is 27.7 Å². The highest BCUT2D eigenvalue weighted by Gasteiger charge is 2.24. The summed E-state index contributed by atoms with van der Waals surface area (Å²) in [5.41, 5.74) is 1.71. The molecule has 26 heavy (non-hydrogen) atoms. The van der Waals surface area contributed by atoms with Gasteiger partial charge in [0.15, 0.2) is 9.79 Å². The molecule has 0 spiro atoms. The minimum absolute atomic E-state index is 0.326. The average molecular weight is 392 g/mol. The molecule has 0 fully saturated rings. The van der Waals surface area contributed by atoms with E-state index in [0.717, 1.165) is 9.79 Å². The first-order valence-corrected chi connectivity index (χ1v) is 9.46. The summed E-state index contributed by atoms with van der Waals surface area (Å²) >= 11 is 0. The summed E-state index contributed by atoms with van der Waals surface area (Å²) in [6.45, 7) is 10.8. The third-order valence-electron chi connectivity index (χ3n) is 2.44. The number of alkyl halides is 1. The van der Waals surface area contributed by atoms with Crippen molar-refractivity contribution in [2.75, 3.05) is 6.01 Å². The van der Waals surface area contributed by atoms with Crippen molar-refractivity contribution in [3.05, 3.63) is 60.2 Å². The van der Waals surface area contributed by atoms with Gasteiger partial charge in [-0.1, -0.05) is 63.6 Å². The van der Waals surface area contributed by atoms with Crippen LogP contribution in [0.1, 0.15) is 33.3 Å². The van der Waals surface area contributed by atoms with Gasteiger partial charge in [-0.2, -0.15) is 4.39 Å². The SMILES string of the molecule is CC(C)(C)C.Cc1ccc([S+](CF)c2ccccc2)cc1.F[B-](F)(F)F. The molecule has 0 heterocycles. The smallest absolute Gasteiger partial charge is 0.418 e. The number of halogens is 5. The van der Waals surface area contributed by atoms with E-state index in [1.165, 1.54) is 5.56 Å². The first-order valence-electron chi connectivity index (χ1n) is 8.07. The van der Waals surface area contributed by atoms with E-state index in [1.54, 1.807) is 0 Å². The first-order chi connectivity index (χ1) is 11.8. The van der Waals surface area contributed by atoms with Gasteiger partial charge in [-0.05, 0) is 36.6 Å². The second-order valence-corrected chi connectivity index (χ2v) is 9.06. The molecule has 0 saturated heterocycles. The van der Waals surface area contributed by atoms with E-state index in [-0.39, 0.29) is 6.01 Å². The van der Waals surface area contributed by atoms with Crippen LogP contribution in [0, 0.1) is 12.3 Å². The van der Waals surface area contributed by atoms with Crippen LogP contribution in [-0.2, 0) is 10.9 Å². The van der Waals surface area contributed by atoms with Gasteiger partial charge in [0.2, 0.25) is 0 Å². The van der Waals surface area contributed by atoms with Crippen LogP contribution < -0.4 is 0 Å². The van der Waals surface area contributed by atoms with Crippen molar-refractivity contribution in [1.82, 2.24) is 0 Å². The van der Waals surface area contributed by atoms with Gasteiger partial charge in [0.1, 0.15) is 0 Å². The van der Waals surface area contributed by atoms with Crippen LogP contribution in [0.5, 0.6) is 0 Å². The number of aryl methyl sites for hydroxylation is 1.